The Hall–Kier alpha value is -2.43. The Balaban J connectivity index is 1.57. The summed E-state index contributed by atoms with van der Waals surface area (Å²) in [5.41, 5.74) is 2.39. The van der Waals surface area contributed by atoms with Crippen LogP contribution in [0.1, 0.15) is 29.8 Å². The van der Waals surface area contributed by atoms with Crippen molar-refractivity contribution in [2.75, 3.05) is 23.3 Å². The van der Waals surface area contributed by atoms with Gasteiger partial charge < -0.3 is 14.6 Å². The Labute approximate surface area is 174 Å². The molecule has 28 heavy (non-hydrogen) atoms. The van der Waals surface area contributed by atoms with Crippen LogP contribution >= 0.6 is 23.2 Å². The van der Waals surface area contributed by atoms with E-state index in [4.69, 9.17) is 27.6 Å². The number of para-hydroxylation sites is 1. The maximum atomic E-state index is 12.8. The monoisotopic (exact) mass is 414 g/mol. The average Bonchev–Trinajstić information content (AvgIpc) is 3.19. The Morgan fingerprint density at radius 1 is 0.964 bits per heavy atom. The molecule has 144 valence electrons. The smallest absolute Gasteiger partial charge is 0.291 e. The van der Waals surface area contributed by atoms with Crippen LogP contribution in [-0.2, 0) is 0 Å². The van der Waals surface area contributed by atoms with Crippen molar-refractivity contribution in [1.29, 1.82) is 0 Å². The van der Waals surface area contributed by atoms with Crippen molar-refractivity contribution in [1.82, 2.24) is 0 Å². The molecule has 1 aliphatic rings. The molecule has 1 aromatic heterocycles. The minimum absolute atomic E-state index is 0.236. The predicted octanol–water partition coefficient (Wildman–Crippen LogP) is 6.50. The first-order valence-electron chi connectivity index (χ1n) is 9.32. The molecule has 1 saturated heterocycles. The second-order valence-corrected chi connectivity index (χ2v) is 7.66. The van der Waals surface area contributed by atoms with Gasteiger partial charge in [0.2, 0.25) is 0 Å². The number of anilines is 2. The van der Waals surface area contributed by atoms with E-state index in [2.05, 4.69) is 10.2 Å². The zero-order valence-electron chi connectivity index (χ0n) is 15.3. The molecular formula is C22H20Cl2N2O2. The van der Waals surface area contributed by atoms with Crippen molar-refractivity contribution in [2.24, 2.45) is 0 Å². The Kier molecular flexibility index (Phi) is 5.60. The molecule has 0 atom stereocenters. The summed E-state index contributed by atoms with van der Waals surface area (Å²) in [5, 5.41) is 4.21. The highest BCUT2D eigenvalue weighted by molar-refractivity contribution is 6.34. The molecule has 4 nitrogen and oxygen atoms in total. The highest BCUT2D eigenvalue weighted by atomic mass is 35.5. The molecule has 0 spiro atoms. The molecule has 0 bridgehead atoms. The third-order valence-corrected chi connectivity index (χ3v) is 5.39. The Morgan fingerprint density at radius 2 is 1.75 bits per heavy atom. The van der Waals surface area contributed by atoms with E-state index in [1.165, 1.54) is 6.42 Å². The molecular weight excluding hydrogens is 395 g/mol. The average molecular weight is 415 g/mol. The van der Waals surface area contributed by atoms with Crippen LogP contribution < -0.4 is 10.2 Å². The van der Waals surface area contributed by atoms with Gasteiger partial charge in [0, 0.05) is 23.7 Å². The van der Waals surface area contributed by atoms with E-state index in [-0.39, 0.29) is 11.7 Å². The van der Waals surface area contributed by atoms with Gasteiger partial charge in [-0.25, -0.2) is 0 Å². The molecule has 1 fully saturated rings. The lowest BCUT2D eigenvalue weighted by Crippen LogP contribution is -2.30. The Bertz CT molecular complexity index is 994. The fraction of sp³-hybridized carbons (Fsp3) is 0.227. The van der Waals surface area contributed by atoms with Gasteiger partial charge in [0.15, 0.2) is 5.76 Å². The third-order valence-electron chi connectivity index (χ3n) is 4.85. The van der Waals surface area contributed by atoms with Gasteiger partial charge in [-0.2, -0.15) is 0 Å². The maximum absolute atomic E-state index is 12.8. The minimum Gasteiger partial charge on any atom is -0.451 e. The second-order valence-electron chi connectivity index (χ2n) is 6.81. The molecule has 4 rings (SSSR count). The molecule has 0 aliphatic carbocycles. The standard InChI is InChI=1S/C22H20Cl2N2O2/c23-16-7-4-6-15(14-16)19-10-11-20(28-19)22(27)25-18-9-5-8-17(24)21(18)26-12-2-1-3-13-26/h4-11,14H,1-3,12-13H2,(H,25,27). The fourth-order valence-corrected chi connectivity index (χ4v) is 3.98. The summed E-state index contributed by atoms with van der Waals surface area (Å²) in [5.74, 6) is 0.517. The molecule has 1 aliphatic heterocycles. The number of furan rings is 1. The van der Waals surface area contributed by atoms with E-state index in [0.717, 1.165) is 37.2 Å². The number of carbonyl (C=O) groups is 1. The van der Waals surface area contributed by atoms with Crippen molar-refractivity contribution in [3.05, 3.63) is 70.4 Å². The van der Waals surface area contributed by atoms with Crippen LogP contribution in [0.15, 0.2) is 59.0 Å². The van der Waals surface area contributed by atoms with Crippen LogP contribution in [0.3, 0.4) is 0 Å². The van der Waals surface area contributed by atoms with Crippen molar-refractivity contribution in [3.8, 4) is 11.3 Å². The number of halogens is 2. The van der Waals surface area contributed by atoms with E-state index >= 15 is 0 Å². The number of hydrogen-bond acceptors (Lipinski definition) is 3. The number of hydrogen-bond donors (Lipinski definition) is 1. The molecule has 2 heterocycles. The summed E-state index contributed by atoms with van der Waals surface area (Å²) in [6, 6.07) is 16.3. The van der Waals surface area contributed by atoms with Crippen molar-refractivity contribution >= 4 is 40.5 Å². The van der Waals surface area contributed by atoms with Crippen LogP contribution in [0.4, 0.5) is 11.4 Å². The summed E-state index contributed by atoms with van der Waals surface area (Å²) in [6.45, 7) is 1.87. The molecule has 1 N–H and O–H groups in total. The fourth-order valence-electron chi connectivity index (χ4n) is 3.50. The summed E-state index contributed by atoms with van der Waals surface area (Å²) in [7, 11) is 0. The van der Waals surface area contributed by atoms with E-state index < -0.39 is 0 Å². The lowest BCUT2D eigenvalue weighted by atomic mass is 10.1. The van der Waals surface area contributed by atoms with Crippen LogP contribution in [-0.4, -0.2) is 19.0 Å². The third kappa shape index (κ3) is 4.03. The van der Waals surface area contributed by atoms with Gasteiger partial charge in [0.1, 0.15) is 5.76 Å². The van der Waals surface area contributed by atoms with Crippen LogP contribution in [0.25, 0.3) is 11.3 Å². The molecule has 2 aromatic carbocycles. The zero-order chi connectivity index (χ0) is 19.5. The second kappa shape index (κ2) is 8.29. The number of nitrogens with zero attached hydrogens (tertiary/aromatic N) is 1. The Morgan fingerprint density at radius 3 is 2.54 bits per heavy atom. The molecule has 6 heteroatoms. The predicted molar refractivity (Wildman–Crippen MR) is 115 cm³/mol. The molecule has 0 radical (unpaired) electrons. The number of amides is 1. The van der Waals surface area contributed by atoms with Crippen molar-refractivity contribution < 1.29 is 9.21 Å². The quantitative estimate of drug-likeness (QED) is 0.529. The van der Waals surface area contributed by atoms with Crippen molar-refractivity contribution in [2.45, 2.75) is 19.3 Å². The van der Waals surface area contributed by atoms with E-state index in [9.17, 15) is 4.79 Å². The number of rotatable bonds is 4. The SMILES string of the molecule is O=C(Nc1cccc(Cl)c1N1CCCCC1)c1ccc(-c2cccc(Cl)c2)o1. The number of carbonyl (C=O) groups excluding carboxylic acids is 1. The van der Waals surface area contributed by atoms with Crippen LogP contribution in [0, 0.1) is 0 Å². The normalized spacial score (nSPS) is 14.1. The molecule has 0 unspecified atom stereocenters. The first kappa shape index (κ1) is 18.9. The topological polar surface area (TPSA) is 45.5 Å². The van der Waals surface area contributed by atoms with Gasteiger partial charge in [0.25, 0.3) is 5.91 Å². The lowest BCUT2D eigenvalue weighted by Gasteiger charge is -2.31. The summed E-state index contributed by atoms with van der Waals surface area (Å²) >= 11 is 12.5. The van der Waals surface area contributed by atoms with Gasteiger partial charge in [-0.05, 0) is 55.7 Å². The van der Waals surface area contributed by atoms with Gasteiger partial charge in [0.05, 0.1) is 16.4 Å². The largest absolute Gasteiger partial charge is 0.451 e. The first-order chi connectivity index (χ1) is 13.6. The zero-order valence-corrected chi connectivity index (χ0v) is 16.8. The van der Waals surface area contributed by atoms with Gasteiger partial charge in [-0.15, -0.1) is 0 Å². The number of nitrogens with one attached hydrogen (secondary N) is 1. The van der Waals surface area contributed by atoms with Crippen LogP contribution in [0.2, 0.25) is 10.0 Å². The van der Waals surface area contributed by atoms with Gasteiger partial charge in [-0.1, -0.05) is 41.4 Å². The molecule has 1 amide bonds. The van der Waals surface area contributed by atoms with E-state index in [1.54, 1.807) is 24.3 Å². The first-order valence-corrected chi connectivity index (χ1v) is 10.1. The summed E-state index contributed by atoms with van der Waals surface area (Å²) in [6.07, 6.45) is 3.47. The van der Waals surface area contributed by atoms with Crippen LogP contribution in [0.5, 0.6) is 0 Å². The molecule has 0 saturated carbocycles. The number of benzene rings is 2. The highest BCUT2D eigenvalue weighted by Crippen LogP contribution is 2.36. The van der Waals surface area contributed by atoms with E-state index in [0.29, 0.717) is 21.5 Å². The maximum Gasteiger partial charge on any atom is 0.291 e. The van der Waals surface area contributed by atoms with E-state index in [1.807, 2.05) is 30.3 Å². The van der Waals surface area contributed by atoms with Crippen molar-refractivity contribution in [3.63, 3.8) is 0 Å². The van der Waals surface area contributed by atoms with Gasteiger partial charge in [-0.3, -0.25) is 4.79 Å². The highest BCUT2D eigenvalue weighted by Gasteiger charge is 2.20. The van der Waals surface area contributed by atoms with Gasteiger partial charge >= 0.3 is 0 Å². The summed E-state index contributed by atoms with van der Waals surface area (Å²) in [4.78, 5) is 15.0. The molecule has 3 aromatic rings. The minimum atomic E-state index is -0.311. The summed E-state index contributed by atoms with van der Waals surface area (Å²) < 4.78 is 5.76. The lowest BCUT2D eigenvalue weighted by molar-refractivity contribution is 0.0997. The number of piperidine rings is 1.